The quantitative estimate of drug-likeness (QED) is 0.640. The van der Waals surface area contributed by atoms with Gasteiger partial charge >= 0.3 is 0 Å². The second kappa shape index (κ2) is 5.31. The predicted octanol–water partition coefficient (Wildman–Crippen LogP) is 4.57. The zero-order chi connectivity index (χ0) is 13.3. The van der Waals surface area contributed by atoms with E-state index >= 15 is 0 Å². The lowest BCUT2D eigenvalue weighted by molar-refractivity contribution is 0.103. The number of benzene rings is 2. The molecule has 0 aliphatic heterocycles. The number of carbonyl (C=O) groups is 1. The number of nitrogens with two attached hydrogens (primary N) is 1. The molecular weight excluding hydrogens is 337 g/mol. The number of halogens is 3. The van der Waals surface area contributed by atoms with Crippen LogP contribution in [0.3, 0.4) is 0 Å². The van der Waals surface area contributed by atoms with Gasteiger partial charge in [-0.3, -0.25) is 4.79 Å². The molecule has 18 heavy (non-hydrogen) atoms. The first kappa shape index (κ1) is 13.4. The summed E-state index contributed by atoms with van der Waals surface area (Å²) in [5, 5.41) is 0.823. The van der Waals surface area contributed by atoms with Crippen molar-refractivity contribution >= 4 is 50.6 Å². The van der Waals surface area contributed by atoms with Crippen molar-refractivity contribution in [2.45, 2.75) is 0 Å². The zero-order valence-electron chi connectivity index (χ0n) is 9.08. The summed E-state index contributed by atoms with van der Waals surface area (Å²) in [4.78, 5) is 12.3. The van der Waals surface area contributed by atoms with Crippen molar-refractivity contribution in [3.63, 3.8) is 0 Å². The Morgan fingerprint density at radius 3 is 2.33 bits per heavy atom. The van der Waals surface area contributed by atoms with Crippen molar-refractivity contribution in [2.75, 3.05) is 5.73 Å². The van der Waals surface area contributed by atoms with E-state index in [9.17, 15) is 4.79 Å². The van der Waals surface area contributed by atoms with E-state index in [1.807, 2.05) is 0 Å². The average Bonchev–Trinajstić information content (AvgIpc) is 2.28. The first-order valence-electron chi connectivity index (χ1n) is 5.04. The minimum atomic E-state index is -0.177. The Kier molecular flexibility index (Phi) is 3.95. The van der Waals surface area contributed by atoms with E-state index in [-0.39, 0.29) is 5.78 Å². The second-order valence-corrected chi connectivity index (χ2v) is 5.39. The molecule has 0 heterocycles. The van der Waals surface area contributed by atoms with E-state index in [2.05, 4.69) is 15.9 Å². The molecule has 2 nitrogen and oxygen atoms in total. The number of ketones is 1. The van der Waals surface area contributed by atoms with Crippen molar-refractivity contribution in [1.29, 1.82) is 0 Å². The van der Waals surface area contributed by atoms with Crippen LogP contribution in [-0.4, -0.2) is 5.78 Å². The van der Waals surface area contributed by atoms with Crippen molar-refractivity contribution in [1.82, 2.24) is 0 Å². The molecule has 0 amide bonds. The number of anilines is 1. The number of hydrogen-bond acceptors (Lipinski definition) is 2. The van der Waals surface area contributed by atoms with Gasteiger partial charge in [-0.2, -0.15) is 0 Å². The lowest BCUT2D eigenvalue weighted by atomic mass is 10.0. The molecule has 0 saturated heterocycles. The Morgan fingerprint density at radius 1 is 1.06 bits per heavy atom. The summed E-state index contributed by atoms with van der Waals surface area (Å²) >= 11 is 15.1. The van der Waals surface area contributed by atoms with Gasteiger partial charge in [-0.1, -0.05) is 23.2 Å². The molecule has 0 saturated carbocycles. The summed E-state index contributed by atoms with van der Waals surface area (Å²) < 4.78 is 0.638. The summed E-state index contributed by atoms with van der Waals surface area (Å²) in [6, 6.07) is 9.79. The second-order valence-electron chi connectivity index (χ2n) is 3.69. The van der Waals surface area contributed by atoms with E-state index in [1.54, 1.807) is 36.4 Å². The number of hydrogen-bond donors (Lipinski definition) is 1. The van der Waals surface area contributed by atoms with Crippen LogP contribution in [0.2, 0.25) is 10.0 Å². The number of nitrogen functional groups attached to an aromatic ring is 1. The molecule has 0 atom stereocenters. The van der Waals surface area contributed by atoms with Gasteiger partial charge in [-0.25, -0.2) is 0 Å². The first-order valence-corrected chi connectivity index (χ1v) is 6.58. The minimum Gasteiger partial charge on any atom is -0.399 e. The maximum absolute atomic E-state index is 12.3. The maximum Gasteiger partial charge on any atom is 0.195 e. The molecule has 0 bridgehead atoms. The highest BCUT2D eigenvalue weighted by atomic mass is 79.9. The molecular formula is C13H8BrCl2NO. The minimum absolute atomic E-state index is 0.177. The van der Waals surface area contributed by atoms with Crippen LogP contribution in [0.5, 0.6) is 0 Å². The van der Waals surface area contributed by atoms with Crippen molar-refractivity contribution in [3.05, 3.63) is 62.0 Å². The summed E-state index contributed by atoms with van der Waals surface area (Å²) in [5.74, 6) is -0.177. The molecule has 2 aromatic carbocycles. The zero-order valence-corrected chi connectivity index (χ0v) is 12.2. The molecule has 92 valence electrons. The summed E-state index contributed by atoms with van der Waals surface area (Å²) in [7, 11) is 0. The van der Waals surface area contributed by atoms with Crippen LogP contribution in [0.1, 0.15) is 15.9 Å². The normalized spacial score (nSPS) is 10.4. The van der Waals surface area contributed by atoms with Crippen LogP contribution in [0.25, 0.3) is 0 Å². The van der Waals surface area contributed by atoms with Crippen LogP contribution >= 0.6 is 39.1 Å². The molecule has 0 spiro atoms. The van der Waals surface area contributed by atoms with Crippen LogP contribution in [0.4, 0.5) is 5.69 Å². The molecule has 0 aliphatic carbocycles. The topological polar surface area (TPSA) is 43.1 Å². The van der Waals surface area contributed by atoms with E-state index < -0.39 is 0 Å². The number of rotatable bonds is 2. The monoisotopic (exact) mass is 343 g/mol. The van der Waals surface area contributed by atoms with E-state index in [0.717, 1.165) is 0 Å². The van der Waals surface area contributed by atoms with Gasteiger partial charge in [0.2, 0.25) is 0 Å². The van der Waals surface area contributed by atoms with Gasteiger partial charge in [0.25, 0.3) is 0 Å². The SMILES string of the molecule is Nc1ccc(C(=O)c2ccc(Cl)cc2Cl)c(Br)c1. The summed E-state index contributed by atoms with van der Waals surface area (Å²) in [6.45, 7) is 0. The van der Waals surface area contributed by atoms with Gasteiger partial charge in [0, 0.05) is 26.3 Å². The van der Waals surface area contributed by atoms with Gasteiger partial charge in [0.05, 0.1) is 5.02 Å². The fourth-order valence-electron chi connectivity index (χ4n) is 1.53. The van der Waals surface area contributed by atoms with E-state index in [1.165, 1.54) is 0 Å². The predicted molar refractivity (Wildman–Crippen MR) is 78.4 cm³/mol. The summed E-state index contributed by atoms with van der Waals surface area (Å²) in [6.07, 6.45) is 0. The lowest BCUT2D eigenvalue weighted by Gasteiger charge is -2.06. The highest BCUT2D eigenvalue weighted by Gasteiger charge is 2.15. The Hall–Kier alpha value is -1.03. The molecule has 0 unspecified atom stereocenters. The fourth-order valence-corrected chi connectivity index (χ4v) is 2.61. The number of carbonyl (C=O) groups excluding carboxylic acids is 1. The smallest absolute Gasteiger partial charge is 0.195 e. The Bertz CT molecular complexity index is 575. The molecule has 0 aromatic heterocycles. The van der Waals surface area contributed by atoms with Gasteiger partial charge in [-0.05, 0) is 52.3 Å². The maximum atomic E-state index is 12.3. The van der Waals surface area contributed by atoms with Crippen LogP contribution in [-0.2, 0) is 0 Å². The molecule has 2 N–H and O–H groups in total. The third-order valence-electron chi connectivity index (χ3n) is 2.41. The van der Waals surface area contributed by atoms with E-state index in [4.69, 9.17) is 28.9 Å². The van der Waals surface area contributed by atoms with Crippen LogP contribution in [0, 0.1) is 0 Å². The highest BCUT2D eigenvalue weighted by molar-refractivity contribution is 9.10. The third kappa shape index (κ3) is 2.69. The molecule has 2 rings (SSSR count). The Balaban J connectivity index is 2.48. The van der Waals surface area contributed by atoms with E-state index in [0.29, 0.717) is 31.3 Å². The Labute approximate surface area is 123 Å². The van der Waals surface area contributed by atoms with Crippen molar-refractivity contribution in [3.8, 4) is 0 Å². The largest absolute Gasteiger partial charge is 0.399 e. The molecule has 0 radical (unpaired) electrons. The van der Waals surface area contributed by atoms with Gasteiger partial charge in [0.15, 0.2) is 5.78 Å². The van der Waals surface area contributed by atoms with Crippen LogP contribution < -0.4 is 5.73 Å². The lowest BCUT2D eigenvalue weighted by Crippen LogP contribution is -2.03. The van der Waals surface area contributed by atoms with Gasteiger partial charge in [0.1, 0.15) is 0 Å². The summed E-state index contributed by atoms with van der Waals surface area (Å²) in [5.41, 5.74) is 7.13. The van der Waals surface area contributed by atoms with Crippen LogP contribution in [0.15, 0.2) is 40.9 Å². The molecule has 0 aliphatic rings. The van der Waals surface area contributed by atoms with Gasteiger partial charge < -0.3 is 5.73 Å². The first-order chi connectivity index (χ1) is 8.49. The molecule has 2 aromatic rings. The highest BCUT2D eigenvalue weighted by Crippen LogP contribution is 2.27. The molecule has 0 fully saturated rings. The molecule has 5 heteroatoms. The van der Waals surface area contributed by atoms with Gasteiger partial charge in [-0.15, -0.1) is 0 Å². The van der Waals surface area contributed by atoms with Crippen molar-refractivity contribution < 1.29 is 4.79 Å². The fraction of sp³-hybridized carbons (Fsp3) is 0. The van der Waals surface area contributed by atoms with Crippen molar-refractivity contribution in [2.24, 2.45) is 0 Å². The third-order valence-corrected chi connectivity index (χ3v) is 3.62. The Morgan fingerprint density at radius 2 is 1.72 bits per heavy atom. The standard InChI is InChI=1S/C13H8BrCl2NO/c14-11-6-8(17)2-4-9(11)13(18)10-3-1-7(15)5-12(10)16/h1-6H,17H2. The average molecular weight is 345 g/mol.